The highest BCUT2D eigenvalue weighted by atomic mass is 32.2. The maximum absolute atomic E-state index is 12.2. The molecule has 1 rings (SSSR count). The lowest BCUT2D eigenvalue weighted by molar-refractivity contribution is -0.142. The highest BCUT2D eigenvalue weighted by Gasteiger charge is 2.19. The minimum atomic E-state index is -1.41. The molecule has 6 nitrogen and oxygen atoms in total. The third-order valence-electron chi connectivity index (χ3n) is 3.24. The number of nitrogens with zero attached hydrogens (tertiary/aromatic N) is 1. The number of rotatable bonds is 8. The van der Waals surface area contributed by atoms with Gasteiger partial charge in [0.1, 0.15) is 11.0 Å². The zero-order valence-electron chi connectivity index (χ0n) is 16.6. The lowest BCUT2D eigenvalue weighted by Gasteiger charge is -2.17. The number of esters is 1. The summed E-state index contributed by atoms with van der Waals surface area (Å²) in [5.41, 5.74) is 1.32. The van der Waals surface area contributed by atoms with Crippen LogP contribution in [0.2, 0.25) is 0 Å². The number of hydrogen-bond donors (Lipinski definition) is 0. The predicted molar refractivity (Wildman–Crippen MR) is 105 cm³/mol. The Morgan fingerprint density at radius 3 is 2.42 bits per heavy atom. The molecule has 0 saturated carbocycles. The van der Waals surface area contributed by atoms with Crippen LogP contribution in [-0.4, -0.2) is 41.0 Å². The fourth-order valence-electron chi connectivity index (χ4n) is 2.03. The summed E-state index contributed by atoms with van der Waals surface area (Å²) < 4.78 is 32.1. The van der Waals surface area contributed by atoms with Gasteiger partial charge < -0.3 is 14.2 Å². The van der Waals surface area contributed by atoms with Crippen LogP contribution < -0.4 is 9.47 Å². The van der Waals surface area contributed by atoms with Crippen LogP contribution in [0.1, 0.15) is 52.7 Å². The van der Waals surface area contributed by atoms with Crippen molar-refractivity contribution in [3.8, 4) is 11.5 Å². The van der Waals surface area contributed by atoms with E-state index >= 15 is 0 Å². The molecule has 0 radical (unpaired) electrons. The van der Waals surface area contributed by atoms with Gasteiger partial charge in [0, 0.05) is 11.8 Å². The van der Waals surface area contributed by atoms with Crippen molar-refractivity contribution in [2.24, 2.45) is 4.40 Å². The van der Waals surface area contributed by atoms with Crippen LogP contribution in [-0.2, 0) is 26.9 Å². The van der Waals surface area contributed by atoms with Crippen molar-refractivity contribution in [3.63, 3.8) is 0 Å². The van der Waals surface area contributed by atoms with Crippen LogP contribution in [0.15, 0.2) is 16.5 Å². The molecule has 0 heterocycles. The first-order chi connectivity index (χ1) is 12.1. The molecule has 1 unspecified atom stereocenters. The van der Waals surface area contributed by atoms with E-state index in [1.807, 2.05) is 34.6 Å². The van der Waals surface area contributed by atoms with E-state index < -0.39 is 15.7 Å². The van der Waals surface area contributed by atoms with E-state index in [9.17, 15) is 9.00 Å². The van der Waals surface area contributed by atoms with E-state index in [1.54, 1.807) is 26.2 Å². The molecule has 0 aliphatic heterocycles. The standard InChI is InChI=1S/C19H29NO5S/c1-8-24-18(21)11-14-9-16(23-7)17(25-13(2)3)10-15(14)12-20-26(22)19(4,5)6/h9-10,12-13H,8,11H2,1-7H3/b20-12+. The van der Waals surface area contributed by atoms with Gasteiger partial charge in [-0.1, -0.05) is 0 Å². The highest BCUT2D eigenvalue weighted by Crippen LogP contribution is 2.31. The molecule has 0 saturated heterocycles. The molecule has 0 bridgehead atoms. The number of methoxy groups -OCH3 is 1. The molecular weight excluding hydrogens is 354 g/mol. The Morgan fingerprint density at radius 2 is 1.92 bits per heavy atom. The summed E-state index contributed by atoms with van der Waals surface area (Å²) in [6.45, 7) is 11.4. The SMILES string of the molecule is CCOC(=O)Cc1cc(OC)c(OC(C)C)cc1/C=N/S(=O)C(C)(C)C. The van der Waals surface area contributed by atoms with Gasteiger partial charge in [0.2, 0.25) is 0 Å². The van der Waals surface area contributed by atoms with Gasteiger partial charge in [0.25, 0.3) is 0 Å². The van der Waals surface area contributed by atoms with Crippen LogP contribution in [0.3, 0.4) is 0 Å². The van der Waals surface area contributed by atoms with E-state index in [-0.39, 0.29) is 18.5 Å². The molecule has 1 atom stereocenters. The minimum absolute atomic E-state index is 0.0479. The zero-order chi connectivity index (χ0) is 19.9. The van der Waals surface area contributed by atoms with E-state index in [1.165, 1.54) is 6.21 Å². The second kappa shape index (κ2) is 9.71. The summed E-state index contributed by atoms with van der Waals surface area (Å²) in [4.78, 5) is 11.9. The van der Waals surface area contributed by atoms with Crippen LogP contribution >= 0.6 is 0 Å². The van der Waals surface area contributed by atoms with Crippen molar-refractivity contribution >= 4 is 23.2 Å². The molecule has 26 heavy (non-hydrogen) atoms. The average Bonchev–Trinajstić information content (AvgIpc) is 2.52. The second-order valence-electron chi connectivity index (χ2n) is 6.95. The lowest BCUT2D eigenvalue weighted by atomic mass is 10.0. The van der Waals surface area contributed by atoms with Gasteiger partial charge in [-0.15, -0.1) is 0 Å². The Morgan fingerprint density at radius 1 is 1.27 bits per heavy atom. The second-order valence-corrected chi connectivity index (χ2v) is 8.88. The molecule has 0 aromatic heterocycles. The van der Waals surface area contributed by atoms with Crippen LogP contribution in [0.5, 0.6) is 11.5 Å². The van der Waals surface area contributed by atoms with Crippen molar-refractivity contribution in [1.82, 2.24) is 0 Å². The number of benzene rings is 1. The Balaban J connectivity index is 3.33. The van der Waals surface area contributed by atoms with Gasteiger partial charge in [0.05, 0.1) is 31.0 Å². The molecule has 146 valence electrons. The summed E-state index contributed by atoms with van der Waals surface area (Å²) in [5, 5.41) is 0. The van der Waals surface area contributed by atoms with E-state index in [0.29, 0.717) is 29.2 Å². The van der Waals surface area contributed by atoms with Gasteiger partial charge >= 0.3 is 5.97 Å². The molecule has 7 heteroatoms. The van der Waals surface area contributed by atoms with Crippen molar-refractivity contribution in [2.75, 3.05) is 13.7 Å². The quantitative estimate of drug-likeness (QED) is 0.508. The molecule has 0 N–H and O–H groups in total. The maximum atomic E-state index is 12.2. The molecule has 0 fully saturated rings. The summed E-state index contributed by atoms with van der Waals surface area (Å²) >= 11 is 0. The zero-order valence-corrected chi connectivity index (χ0v) is 17.4. The number of carbonyl (C=O) groups excluding carboxylic acids is 1. The van der Waals surface area contributed by atoms with Crippen molar-refractivity contribution < 1.29 is 23.2 Å². The fraction of sp³-hybridized carbons (Fsp3) is 0.579. The summed E-state index contributed by atoms with van der Waals surface area (Å²) in [6.07, 6.45) is 1.53. The predicted octanol–water partition coefficient (Wildman–Crippen LogP) is 3.47. The first-order valence-corrected chi connectivity index (χ1v) is 9.68. The van der Waals surface area contributed by atoms with Crippen LogP contribution in [0, 0.1) is 0 Å². The summed E-state index contributed by atoms with van der Waals surface area (Å²) in [7, 11) is 0.135. The van der Waals surface area contributed by atoms with E-state index in [0.717, 1.165) is 0 Å². The van der Waals surface area contributed by atoms with Crippen molar-refractivity contribution in [3.05, 3.63) is 23.3 Å². The number of hydrogen-bond acceptors (Lipinski definition) is 5. The van der Waals surface area contributed by atoms with Crippen molar-refractivity contribution in [2.45, 2.75) is 58.8 Å². The Hall–Kier alpha value is -1.89. The molecule has 0 amide bonds. The molecule has 1 aromatic rings. The maximum Gasteiger partial charge on any atom is 0.310 e. The Bertz CT molecular complexity index is 677. The number of ether oxygens (including phenoxy) is 3. The topological polar surface area (TPSA) is 74.2 Å². The lowest BCUT2D eigenvalue weighted by Crippen LogP contribution is -2.19. The largest absolute Gasteiger partial charge is 0.493 e. The van der Waals surface area contributed by atoms with Gasteiger partial charge in [-0.25, -0.2) is 4.21 Å². The normalized spacial score (nSPS) is 13.1. The first-order valence-electron chi connectivity index (χ1n) is 8.57. The molecular formula is C19H29NO5S. The third kappa shape index (κ3) is 6.78. The fourth-order valence-corrected chi connectivity index (χ4v) is 2.55. The van der Waals surface area contributed by atoms with Gasteiger partial charge in [0.15, 0.2) is 11.5 Å². The summed E-state index contributed by atoms with van der Waals surface area (Å²) in [6, 6.07) is 3.48. The molecule has 0 aliphatic rings. The molecule has 1 aromatic carbocycles. The van der Waals surface area contributed by atoms with E-state index in [2.05, 4.69) is 4.40 Å². The first kappa shape index (κ1) is 22.2. The Kier molecular flexibility index (Phi) is 8.27. The van der Waals surface area contributed by atoms with E-state index in [4.69, 9.17) is 14.2 Å². The van der Waals surface area contributed by atoms with Crippen molar-refractivity contribution in [1.29, 1.82) is 0 Å². The average molecular weight is 384 g/mol. The van der Waals surface area contributed by atoms with Crippen LogP contribution in [0.4, 0.5) is 0 Å². The molecule has 0 spiro atoms. The smallest absolute Gasteiger partial charge is 0.310 e. The number of carbonyl (C=O) groups is 1. The van der Waals surface area contributed by atoms with Crippen LogP contribution in [0.25, 0.3) is 0 Å². The molecule has 0 aliphatic carbocycles. The van der Waals surface area contributed by atoms with Gasteiger partial charge in [-0.3, -0.25) is 4.79 Å². The minimum Gasteiger partial charge on any atom is -0.493 e. The van der Waals surface area contributed by atoms with Gasteiger partial charge in [-0.05, 0) is 59.2 Å². The monoisotopic (exact) mass is 383 g/mol. The van der Waals surface area contributed by atoms with Gasteiger partial charge in [-0.2, -0.15) is 4.40 Å². The highest BCUT2D eigenvalue weighted by molar-refractivity contribution is 7.85. The summed E-state index contributed by atoms with van der Waals surface area (Å²) in [5.74, 6) is 0.712. The Labute approximate surface area is 158 Å². The third-order valence-corrected chi connectivity index (χ3v) is 4.58.